The Hall–Kier alpha value is -3.21. The van der Waals surface area contributed by atoms with E-state index in [1.807, 2.05) is 30.3 Å². The molecule has 0 fully saturated rings. The van der Waals surface area contributed by atoms with Gasteiger partial charge in [0.1, 0.15) is 5.82 Å². The summed E-state index contributed by atoms with van der Waals surface area (Å²) in [6.07, 6.45) is 1.53. The lowest BCUT2D eigenvalue weighted by atomic mass is 10.0. The highest BCUT2D eigenvalue weighted by Crippen LogP contribution is 2.26. The molecule has 4 rings (SSSR count). The van der Waals surface area contributed by atoms with Gasteiger partial charge < -0.3 is 5.32 Å². The smallest absolute Gasteiger partial charge is 0.253 e. The molecule has 1 N–H and O–H groups in total. The standard InChI is InChI=1S/C25H17Cl2FN2O/c26-21-3-1-2-18(12-21)24-11-8-20(15-29-24)25(31)30-14-19-5-4-17(13-23(19)27)16-6-9-22(28)10-7-16/h1-13,15H,14H2,(H,30,31). The molecule has 0 aliphatic rings. The number of hydrogen-bond acceptors (Lipinski definition) is 2. The van der Waals surface area contributed by atoms with E-state index in [0.29, 0.717) is 15.6 Å². The average Bonchev–Trinajstić information content (AvgIpc) is 2.78. The van der Waals surface area contributed by atoms with E-state index in [1.54, 1.807) is 36.4 Å². The normalized spacial score (nSPS) is 10.7. The largest absolute Gasteiger partial charge is 0.348 e. The molecule has 1 amide bonds. The second-order valence-electron chi connectivity index (χ2n) is 6.94. The number of hydrogen-bond donors (Lipinski definition) is 1. The summed E-state index contributed by atoms with van der Waals surface area (Å²) < 4.78 is 13.1. The summed E-state index contributed by atoms with van der Waals surface area (Å²) >= 11 is 12.4. The number of pyridine rings is 1. The summed E-state index contributed by atoms with van der Waals surface area (Å²) in [7, 11) is 0. The van der Waals surface area contributed by atoms with Crippen LogP contribution in [-0.2, 0) is 6.54 Å². The molecular weight excluding hydrogens is 434 g/mol. The number of halogens is 3. The molecule has 4 aromatic rings. The van der Waals surface area contributed by atoms with Gasteiger partial charge in [-0.2, -0.15) is 0 Å². The van der Waals surface area contributed by atoms with E-state index in [1.165, 1.54) is 18.3 Å². The Kier molecular flexibility index (Phi) is 6.31. The summed E-state index contributed by atoms with van der Waals surface area (Å²) in [4.78, 5) is 16.9. The van der Waals surface area contributed by atoms with Gasteiger partial charge in [0.15, 0.2) is 0 Å². The molecule has 1 heterocycles. The summed E-state index contributed by atoms with van der Waals surface area (Å²) in [5.41, 5.74) is 4.59. The van der Waals surface area contributed by atoms with Gasteiger partial charge >= 0.3 is 0 Å². The Labute approximate surface area is 189 Å². The number of carbonyl (C=O) groups is 1. The van der Waals surface area contributed by atoms with Gasteiger partial charge in [-0.15, -0.1) is 0 Å². The van der Waals surface area contributed by atoms with Crippen molar-refractivity contribution in [1.29, 1.82) is 0 Å². The molecule has 6 heteroatoms. The lowest BCUT2D eigenvalue weighted by Crippen LogP contribution is -2.23. The predicted molar refractivity (Wildman–Crippen MR) is 123 cm³/mol. The third kappa shape index (κ3) is 5.10. The number of aromatic nitrogens is 1. The zero-order chi connectivity index (χ0) is 21.8. The minimum absolute atomic E-state index is 0.246. The van der Waals surface area contributed by atoms with Crippen molar-refractivity contribution in [2.24, 2.45) is 0 Å². The Bertz CT molecular complexity index is 1230. The van der Waals surface area contributed by atoms with Crippen LogP contribution < -0.4 is 5.32 Å². The van der Waals surface area contributed by atoms with Crippen molar-refractivity contribution >= 4 is 29.1 Å². The first-order valence-corrected chi connectivity index (χ1v) is 10.3. The third-order valence-electron chi connectivity index (χ3n) is 4.82. The average molecular weight is 451 g/mol. The van der Waals surface area contributed by atoms with E-state index < -0.39 is 0 Å². The quantitative estimate of drug-likeness (QED) is 0.363. The van der Waals surface area contributed by atoms with Gasteiger partial charge in [0, 0.05) is 28.4 Å². The van der Waals surface area contributed by atoms with E-state index in [4.69, 9.17) is 23.2 Å². The van der Waals surface area contributed by atoms with E-state index in [2.05, 4.69) is 10.3 Å². The zero-order valence-electron chi connectivity index (χ0n) is 16.3. The van der Waals surface area contributed by atoms with Gasteiger partial charge in [0.05, 0.1) is 11.3 Å². The van der Waals surface area contributed by atoms with Gasteiger partial charge in [-0.3, -0.25) is 9.78 Å². The summed E-state index contributed by atoms with van der Waals surface area (Å²) in [6, 6.07) is 22.6. The molecule has 0 aliphatic heterocycles. The van der Waals surface area contributed by atoms with E-state index >= 15 is 0 Å². The Morgan fingerprint density at radius 3 is 2.32 bits per heavy atom. The van der Waals surface area contributed by atoms with E-state index in [-0.39, 0.29) is 18.3 Å². The van der Waals surface area contributed by atoms with Crippen molar-refractivity contribution < 1.29 is 9.18 Å². The fourth-order valence-electron chi connectivity index (χ4n) is 3.14. The minimum Gasteiger partial charge on any atom is -0.348 e. The number of benzene rings is 3. The molecule has 0 aliphatic carbocycles. The fourth-order valence-corrected chi connectivity index (χ4v) is 3.57. The maximum absolute atomic E-state index is 13.1. The minimum atomic E-state index is -0.288. The molecule has 0 saturated carbocycles. The first-order chi connectivity index (χ1) is 15.0. The van der Waals surface area contributed by atoms with E-state index in [9.17, 15) is 9.18 Å². The molecule has 0 saturated heterocycles. The lowest BCUT2D eigenvalue weighted by Gasteiger charge is -2.10. The second kappa shape index (κ2) is 9.29. The molecule has 0 atom stereocenters. The molecule has 154 valence electrons. The maximum Gasteiger partial charge on any atom is 0.253 e. The van der Waals surface area contributed by atoms with Crippen LogP contribution in [0.2, 0.25) is 10.0 Å². The molecule has 0 unspecified atom stereocenters. The van der Waals surface area contributed by atoms with Gasteiger partial charge in [-0.05, 0) is 59.2 Å². The number of nitrogens with zero attached hydrogens (tertiary/aromatic N) is 1. The van der Waals surface area contributed by atoms with Crippen LogP contribution in [-0.4, -0.2) is 10.9 Å². The first-order valence-electron chi connectivity index (χ1n) is 9.54. The van der Waals surface area contributed by atoms with Crippen LogP contribution in [0.15, 0.2) is 85.1 Å². The topological polar surface area (TPSA) is 42.0 Å². The molecule has 3 aromatic carbocycles. The van der Waals surface area contributed by atoms with Crippen LogP contribution in [0.5, 0.6) is 0 Å². The van der Waals surface area contributed by atoms with Gasteiger partial charge in [-0.25, -0.2) is 4.39 Å². The molecule has 0 bridgehead atoms. The van der Waals surface area contributed by atoms with Gasteiger partial charge in [-0.1, -0.05) is 59.6 Å². The fraction of sp³-hybridized carbons (Fsp3) is 0.0400. The number of rotatable bonds is 5. The van der Waals surface area contributed by atoms with Crippen molar-refractivity contribution in [3.63, 3.8) is 0 Å². The molecular formula is C25H17Cl2FN2O. The highest BCUT2D eigenvalue weighted by Gasteiger charge is 2.10. The summed E-state index contributed by atoms with van der Waals surface area (Å²) in [5.74, 6) is -0.534. The Morgan fingerprint density at radius 2 is 1.65 bits per heavy atom. The summed E-state index contributed by atoms with van der Waals surface area (Å²) in [5, 5.41) is 4.01. The molecule has 31 heavy (non-hydrogen) atoms. The molecule has 0 spiro atoms. The van der Waals surface area contributed by atoms with Crippen LogP contribution in [0, 0.1) is 5.82 Å². The molecule has 0 radical (unpaired) electrons. The van der Waals surface area contributed by atoms with E-state index in [0.717, 1.165) is 27.9 Å². The summed E-state index contributed by atoms with van der Waals surface area (Å²) in [6.45, 7) is 0.275. The van der Waals surface area contributed by atoms with Gasteiger partial charge in [0.2, 0.25) is 0 Å². The highest BCUT2D eigenvalue weighted by molar-refractivity contribution is 6.31. The first kappa shape index (κ1) is 21.0. The van der Waals surface area contributed by atoms with Crippen molar-refractivity contribution in [2.75, 3.05) is 0 Å². The van der Waals surface area contributed by atoms with Crippen LogP contribution in [0.3, 0.4) is 0 Å². The van der Waals surface area contributed by atoms with Crippen LogP contribution in [0.25, 0.3) is 22.4 Å². The maximum atomic E-state index is 13.1. The SMILES string of the molecule is O=C(NCc1ccc(-c2ccc(F)cc2)cc1Cl)c1ccc(-c2cccc(Cl)c2)nc1. The third-order valence-corrected chi connectivity index (χ3v) is 5.40. The Morgan fingerprint density at radius 1 is 0.871 bits per heavy atom. The number of carbonyl (C=O) groups excluding carboxylic acids is 1. The second-order valence-corrected chi connectivity index (χ2v) is 7.78. The van der Waals surface area contributed by atoms with Gasteiger partial charge in [0.25, 0.3) is 5.91 Å². The lowest BCUT2D eigenvalue weighted by molar-refractivity contribution is 0.0950. The molecule has 1 aromatic heterocycles. The number of nitrogens with one attached hydrogen (secondary N) is 1. The predicted octanol–water partition coefficient (Wildman–Crippen LogP) is 6.79. The van der Waals surface area contributed by atoms with Crippen LogP contribution in [0.1, 0.15) is 15.9 Å². The zero-order valence-corrected chi connectivity index (χ0v) is 17.8. The number of amides is 1. The van der Waals surface area contributed by atoms with Crippen molar-refractivity contribution in [3.8, 4) is 22.4 Å². The van der Waals surface area contributed by atoms with Crippen molar-refractivity contribution in [2.45, 2.75) is 6.54 Å². The Balaban J connectivity index is 1.42. The highest BCUT2D eigenvalue weighted by atomic mass is 35.5. The van der Waals surface area contributed by atoms with Crippen molar-refractivity contribution in [1.82, 2.24) is 10.3 Å². The van der Waals surface area contributed by atoms with Crippen LogP contribution in [0.4, 0.5) is 4.39 Å². The molecule has 3 nitrogen and oxygen atoms in total. The van der Waals surface area contributed by atoms with Crippen molar-refractivity contribution in [3.05, 3.63) is 112 Å². The van der Waals surface area contributed by atoms with Crippen LogP contribution >= 0.6 is 23.2 Å². The monoisotopic (exact) mass is 450 g/mol.